The molecule has 0 spiro atoms. The van der Waals surface area contributed by atoms with E-state index < -0.39 is 17.5 Å². The minimum atomic E-state index is -0.876. The lowest BCUT2D eigenvalue weighted by atomic mass is 9.96. The predicted octanol–water partition coefficient (Wildman–Crippen LogP) is 2.15. The number of carbonyl (C=O) groups is 1. The Labute approximate surface area is 123 Å². The van der Waals surface area contributed by atoms with Gasteiger partial charge in [0.05, 0.1) is 11.3 Å². The van der Waals surface area contributed by atoms with Crippen LogP contribution < -0.4 is 11.1 Å². The van der Waals surface area contributed by atoms with Crippen LogP contribution in [0.25, 0.3) is 0 Å². The average Bonchev–Trinajstić information content (AvgIpc) is 2.90. The Morgan fingerprint density at radius 2 is 1.95 bits per heavy atom. The number of likely N-dealkylation sites (N-methyl/N-ethyl adjacent to an activating group) is 1. The van der Waals surface area contributed by atoms with E-state index in [4.69, 9.17) is 5.73 Å². The fraction of sp³-hybridized carbons (Fsp3) is 0.533. The number of benzene rings is 1. The largest absolute Gasteiger partial charge is 0.396 e. The Bertz CT molecular complexity index is 540. The van der Waals surface area contributed by atoms with Gasteiger partial charge in [0.2, 0.25) is 0 Å². The van der Waals surface area contributed by atoms with Crippen molar-refractivity contribution >= 4 is 11.6 Å². The molecule has 1 aliphatic rings. The Hall–Kier alpha value is -1.69. The maximum absolute atomic E-state index is 13.8. The van der Waals surface area contributed by atoms with Crippen LogP contribution in [0.15, 0.2) is 12.1 Å². The van der Waals surface area contributed by atoms with Crippen LogP contribution in [0.3, 0.4) is 0 Å². The van der Waals surface area contributed by atoms with E-state index in [1.165, 1.54) is 0 Å². The monoisotopic (exact) mass is 297 g/mol. The molecule has 1 aromatic rings. The second-order valence-electron chi connectivity index (χ2n) is 5.87. The van der Waals surface area contributed by atoms with Gasteiger partial charge in [-0.15, -0.1) is 0 Å². The molecule has 1 aliphatic carbocycles. The van der Waals surface area contributed by atoms with Crippen LogP contribution in [0, 0.1) is 11.6 Å². The molecule has 0 saturated heterocycles. The van der Waals surface area contributed by atoms with Gasteiger partial charge in [-0.25, -0.2) is 8.78 Å². The number of hydrogen-bond donors (Lipinski definition) is 2. The molecule has 1 amide bonds. The van der Waals surface area contributed by atoms with Gasteiger partial charge >= 0.3 is 0 Å². The molecular formula is C15H21F2N3O. The van der Waals surface area contributed by atoms with Crippen molar-refractivity contribution in [3.05, 3.63) is 29.3 Å². The molecule has 0 aromatic heterocycles. The third-order valence-corrected chi connectivity index (χ3v) is 4.37. The molecule has 6 heteroatoms. The first-order valence-corrected chi connectivity index (χ1v) is 7.06. The minimum absolute atomic E-state index is 0.106. The van der Waals surface area contributed by atoms with Gasteiger partial charge in [-0.3, -0.25) is 4.79 Å². The van der Waals surface area contributed by atoms with Crippen LogP contribution in [0.1, 0.15) is 36.0 Å². The number of hydrogen-bond acceptors (Lipinski definition) is 3. The van der Waals surface area contributed by atoms with E-state index in [1.807, 2.05) is 14.1 Å². The van der Waals surface area contributed by atoms with Crippen molar-refractivity contribution in [2.45, 2.75) is 31.2 Å². The Balaban J connectivity index is 2.12. The molecule has 1 fully saturated rings. The normalized spacial score (nSPS) is 17.2. The molecular weight excluding hydrogens is 276 g/mol. The third kappa shape index (κ3) is 3.15. The second-order valence-corrected chi connectivity index (χ2v) is 5.87. The SMILES string of the molecule is CN(C)C1(CNC(=O)c2cc(F)cc(N)c2F)CCCC1. The third-order valence-electron chi connectivity index (χ3n) is 4.37. The lowest BCUT2D eigenvalue weighted by Crippen LogP contribution is -2.50. The summed E-state index contributed by atoms with van der Waals surface area (Å²) in [6.45, 7) is 0.411. The number of nitrogen functional groups attached to an aromatic ring is 1. The molecule has 0 bridgehead atoms. The Morgan fingerprint density at radius 1 is 1.33 bits per heavy atom. The number of rotatable bonds is 4. The summed E-state index contributed by atoms with van der Waals surface area (Å²) in [5, 5.41) is 2.72. The molecule has 0 radical (unpaired) electrons. The van der Waals surface area contributed by atoms with Crippen LogP contribution in [-0.4, -0.2) is 37.0 Å². The minimum Gasteiger partial charge on any atom is -0.396 e. The summed E-state index contributed by atoms with van der Waals surface area (Å²) in [5.74, 6) is -2.23. The van der Waals surface area contributed by atoms with Crippen LogP contribution in [0.4, 0.5) is 14.5 Å². The summed E-state index contributed by atoms with van der Waals surface area (Å²) in [6, 6.07) is 1.74. The number of anilines is 1. The first-order chi connectivity index (χ1) is 9.85. The van der Waals surface area contributed by atoms with Crippen LogP contribution in [-0.2, 0) is 0 Å². The van der Waals surface area contributed by atoms with Gasteiger partial charge < -0.3 is 16.0 Å². The van der Waals surface area contributed by atoms with Crippen molar-refractivity contribution in [1.29, 1.82) is 0 Å². The summed E-state index contributed by atoms with van der Waals surface area (Å²) >= 11 is 0. The average molecular weight is 297 g/mol. The van der Waals surface area contributed by atoms with E-state index in [0.717, 1.165) is 37.8 Å². The smallest absolute Gasteiger partial charge is 0.254 e. The zero-order chi connectivity index (χ0) is 15.6. The topological polar surface area (TPSA) is 58.4 Å². The number of carbonyl (C=O) groups excluding carboxylic acids is 1. The molecule has 1 aromatic carbocycles. The molecule has 21 heavy (non-hydrogen) atoms. The maximum Gasteiger partial charge on any atom is 0.254 e. The fourth-order valence-electron chi connectivity index (χ4n) is 2.93. The second kappa shape index (κ2) is 5.97. The van der Waals surface area contributed by atoms with Crippen LogP contribution >= 0.6 is 0 Å². The Morgan fingerprint density at radius 3 is 2.52 bits per heavy atom. The van der Waals surface area contributed by atoms with E-state index in [-0.39, 0.29) is 16.8 Å². The molecule has 3 N–H and O–H groups in total. The van der Waals surface area contributed by atoms with Crippen molar-refractivity contribution in [1.82, 2.24) is 10.2 Å². The lowest BCUT2D eigenvalue weighted by molar-refractivity contribution is 0.0895. The standard InChI is InChI=1S/C15H21F2N3O/c1-20(2)15(5-3-4-6-15)9-19-14(21)11-7-10(16)8-12(18)13(11)17/h7-8H,3-6,9,18H2,1-2H3,(H,19,21). The zero-order valence-electron chi connectivity index (χ0n) is 12.4. The highest BCUT2D eigenvalue weighted by Crippen LogP contribution is 2.33. The summed E-state index contributed by atoms with van der Waals surface area (Å²) in [7, 11) is 3.94. The van der Waals surface area contributed by atoms with Gasteiger partial charge in [0.25, 0.3) is 5.91 Å². The first kappa shape index (κ1) is 15.7. The van der Waals surface area contributed by atoms with Crippen molar-refractivity contribution in [3.8, 4) is 0 Å². The summed E-state index contributed by atoms with van der Waals surface area (Å²) in [5.41, 5.74) is 4.54. The molecule has 0 unspecified atom stereocenters. The number of halogens is 2. The molecule has 2 rings (SSSR count). The number of nitrogens with one attached hydrogen (secondary N) is 1. The van der Waals surface area contributed by atoms with Crippen molar-refractivity contribution < 1.29 is 13.6 Å². The van der Waals surface area contributed by atoms with Gasteiger partial charge in [0.15, 0.2) is 5.82 Å². The van der Waals surface area contributed by atoms with Gasteiger partial charge in [0.1, 0.15) is 5.82 Å². The van der Waals surface area contributed by atoms with Crippen molar-refractivity contribution in [2.75, 3.05) is 26.4 Å². The lowest BCUT2D eigenvalue weighted by Gasteiger charge is -2.36. The molecule has 0 atom stereocenters. The molecule has 1 saturated carbocycles. The fourth-order valence-corrected chi connectivity index (χ4v) is 2.93. The molecule has 0 heterocycles. The summed E-state index contributed by atoms with van der Waals surface area (Å²) in [6.07, 6.45) is 4.17. The number of nitrogens with two attached hydrogens (primary N) is 1. The molecule has 116 valence electrons. The highest BCUT2D eigenvalue weighted by molar-refractivity contribution is 5.95. The van der Waals surface area contributed by atoms with E-state index in [1.54, 1.807) is 0 Å². The number of nitrogens with zero attached hydrogens (tertiary/aromatic N) is 1. The van der Waals surface area contributed by atoms with Crippen molar-refractivity contribution in [3.63, 3.8) is 0 Å². The maximum atomic E-state index is 13.8. The predicted molar refractivity (Wildman–Crippen MR) is 78.0 cm³/mol. The summed E-state index contributed by atoms with van der Waals surface area (Å²) in [4.78, 5) is 14.2. The first-order valence-electron chi connectivity index (χ1n) is 7.06. The van der Waals surface area contributed by atoms with E-state index in [2.05, 4.69) is 10.2 Å². The van der Waals surface area contributed by atoms with Gasteiger partial charge in [0, 0.05) is 12.1 Å². The van der Waals surface area contributed by atoms with E-state index in [9.17, 15) is 13.6 Å². The van der Waals surface area contributed by atoms with Gasteiger partial charge in [-0.1, -0.05) is 12.8 Å². The van der Waals surface area contributed by atoms with Crippen LogP contribution in [0.2, 0.25) is 0 Å². The zero-order valence-corrected chi connectivity index (χ0v) is 12.4. The van der Waals surface area contributed by atoms with Crippen molar-refractivity contribution in [2.24, 2.45) is 0 Å². The number of amides is 1. The van der Waals surface area contributed by atoms with Crippen LogP contribution in [0.5, 0.6) is 0 Å². The Kier molecular flexibility index (Phi) is 4.46. The van der Waals surface area contributed by atoms with Gasteiger partial charge in [-0.2, -0.15) is 0 Å². The highest BCUT2D eigenvalue weighted by atomic mass is 19.1. The molecule has 0 aliphatic heterocycles. The summed E-state index contributed by atoms with van der Waals surface area (Å²) < 4.78 is 27.1. The molecule has 4 nitrogen and oxygen atoms in total. The van der Waals surface area contributed by atoms with Gasteiger partial charge in [-0.05, 0) is 39.1 Å². The van der Waals surface area contributed by atoms with E-state index >= 15 is 0 Å². The van der Waals surface area contributed by atoms with E-state index in [0.29, 0.717) is 6.54 Å². The quantitative estimate of drug-likeness (QED) is 0.837. The highest BCUT2D eigenvalue weighted by Gasteiger charge is 2.36.